The summed E-state index contributed by atoms with van der Waals surface area (Å²) in [5, 5.41) is 1.80. The van der Waals surface area contributed by atoms with Crippen molar-refractivity contribution in [1.29, 1.82) is 0 Å². The highest BCUT2D eigenvalue weighted by molar-refractivity contribution is 6.39. The Morgan fingerprint density at radius 2 is 1.79 bits per heavy atom. The number of benzene rings is 3. The molecular formula is C25H23Cl2NO6. The second-order valence-electron chi connectivity index (χ2n) is 7.34. The highest BCUT2D eigenvalue weighted by Gasteiger charge is 2.18. The molecule has 7 nitrogen and oxygen atoms in total. The first-order chi connectivity index (χ1) is 16.2. The Labute approximate surface area is 207 Å². The van der Waals surface area contributed by atoms with Crippen LogP contribution in [-0.2, 0) is 25.5 Å². The summed E-state index contributed by atoms with van der Waals surface area (Å²) in [6.07, 6.45) is 0.105. The number of hydrogen-bond donors (Lipinski definition) is 0. The van der Waals surface area contributed by atoms with Gasteiger partial charge in [0, 0.05) is 23.1 Å². The molecule has 0 N–H and O–H groups in total. The Bertz CT molecular complexity index is 1240. The van der Waals surface area contributed by atoms with Gasteiger partial charge >= 0.3 is 11.9 Å². The number of anilines is 1. The van der Waals surface area contributed by atoms with Crippen LogP contribution < -0.4 is 9.64 Å². The summed E-state index contributed by atoms with van der Waals surface area (Å²) in [6.45, 7) is 1.72. The first kappa shape index (κ1) is 25.3. The lowest BCUT2D eigenvalue weighted by atomic mass is 10.1. The van der Waals surface area contributed by atoms with Crippen LogP contribution in [0.5, 0.6) is 5.75 Å². The predicted octanol–water partition coefficient (Wildman–Crippen LogP) is 5.08. The maximum atomic E-state index is 12.9. The zero-order chi connectivity index (χ0) is 24.8. The summed E-state index contributed by atoms with van der Waals surface area (Å²) < 4.78 is 15.6. The molecular weight excluding hydrogens is 481 g/mol. The third-order valence-corrected chi connectivity index (χ3v) is 5.54. The lowest BCUT2D eigenvalue weighted by molar-refractivity contribution is -0.142. The number of hydrogen-bond acceptors (Lipinski definition) is 6. The number of methoxy groups -OCH3 is 1. The first-order valence-corrected chi connectivity index (χ1v) is 11.1. The molecule has 0 heterocycles. The Balaban J connectivity index is 1.82. The summed E-state index contributed by atoms with van der Waals surface area (Å²) in [5.74, 6) is -1.01. The van der Waals surface area contributed by atoms with Crippen molar-refractivity contribution < 1.29 is 28.6 Å². The van der Waals surface area contributed by atoms with Gasteiger partial charge in [-0.3, -0.25) is 9.59 Å². The van der Waals surface area contributed by atoms with Crippen molar-refractivity contribution in [3.63, 3.8) is 0 Å². The Morgan fingerprint density at radius 3 is 2.50 bits per heavy atom. The van der Waals surface area contributed by atoms with Gasteiger partial charge in [-0.25, -0.2) is 4.79 Å². The average molecular weight is 504 g/mol. The second-order valence-corrected chi connectivity index (χ2v) is 8.19. The fourth-order valence-electron chi connectivity index (χ4n) is 3.37. The SMILES string of the molecule is CCOC(=O)Cc1cccc(N(C)C(=O)COc2cc(C(=O)OC)cc3cc(Cl)cc(Cl)c23)c1. The number of rotatable bonds is 8. The minimum atomic E-state index is -0.565. The van der Waals surface area contributed by atoms with Crippen LogP contribution >= 0.6 is 23.2 Å². The molecule has 0 bridgehead atoms. The van der Waals surface area contributed by atoms with E-state index < -0.39 is 5.97 Å². The zero-order valence-electron chi connectivity index (χ0n) is 18.9. The smallest absolute Gasteiger partial charge is 0.338 e. The fourth-order valence-corrected chi connectivity index (χ4v) is 3.98. The molecule has 0 aliphatic rings. The minimum Gasteiger partial charge on any atom is -0.483 e. The Morgan fingerprint density at radius 1 is 1.03 bits per heavy atom. The number of likely N-dealkylation sites (N-methyl/N-ethyl adjacent to an activating group) is 1. The Hall–Kier alpha value is -3.29. The number of ether oxygens (including phenoxy) is 3. The molecule has 0 fully saturated rings. The van der Waals surface area contributed by atoms with Gasteiger partial charge in [0.2, 0.25) is 0 Å². The van der Waals surface area contributed by atoms with Gasteiger partial charge in [-0.2, -0.15) is 0 Å². The van der Waals surface area contributed by atoms with E-state index in [1.807, 2.05) is 0 Å². The van der Waals surface area contributed by atoms with Crippen LogP contribution in [-0.4, -0.2) is 45.2 Å². The number of carbonyl (C=O) groups is 3. The van der Waals surface area contributed by atoms with Gasteiger partial charge in [-0.15, -0.1) is 0 Å². The van der Waals surface area contributed by atoms with Gasteiger partial charge in [0.25, 0.3) is 5.91 Å². The van der Waals surface area contributed by atoms with E-state index >= 15 is 0 Å². The minimum absolute atomic E-state index is 0.105. The average Bonchev–Trinajstić information content (AvgIpc) is 2.80. The van der Waals surface area contributed by atoms with Crippen LogP contribution in [0, 0.1) is 0 Å². The molecule has 0 aromatic heterocycles. The monoisotopic (exact) mass is 503 g/mol. The number of halogens is 2. The first-order valence-electron chi connectivity index (χ1n) is 10.4. The molecule has 0 atom stereocenters. The van der Waals surface area contributed by atoms with E-state index in [9.17, 15) is 14.4 Å². The molecule has 0 aliphatic heterocycles. The van der Waals surface area contributed by atoms with Crippen molar-refractivity contribution in [2.45, 2.75) is 13.3 Å². The van der Waals surface area contributed by atoms with Crippen molar-refractivity contribution >= 4 is 57.5 Å². The van der Waals surface area contributed by atoms with Gasteiger partial charge in [0.05, 0.1) is 30.7 Å². The normalized spacial score (nSPS) is 10.6. The van der Waals surface area contributed by atoms with Crippen molar-refractivity contribution in [3.8, 4) is 5.75 Å². The second kappa shape index (κ2) is 11.2. The molecule has 0 radical (unpaired) electrons. The summed E-state index contributed by atoms with van der Waals surface area (Å²) in [6, 6.07) is 13.3. The van der Waals surface area contributed by atoms with Crippen molar-refractivity contribution in [2.75, 3.05) is 32.3 Å². The van der Waals surface area contributed by atoms with Crippen molar-refractivity contribution in [1.82, 2.24) is 0 Å². The molecule has 0 aliphatic carbocycles. The molecule has 0 saturated carbocycles. The van der Waals surface area contributed by atoms with E-state index in [1.165, 1.54) is 18.1 Å². The van der Waals surface area contributed by atoms with Crippen LogP contribution in [0.1, 0.15) is 22.8 Å². The van der Waals surface area contributed by atoms with Gasteiger partial charge in [-0.1, -0.05) is 35.3 Å². The number of nitrogens with zero attached hydrogens (tertiary/aromatic N) is 1. The quantitative estimate of drug-likeness (QED) is 0.398. The van der Waals surface area contributed by atoms with Crippen LogP contribution in [0.15, 0.2) is 48.5 Å². The van der Waals surface area contributed by atoms with Crippen LogP contribution in [0.25, 0.3) is 10.8 Å². The van der Waals surface area contributed by atoms with Crippen LogP contribution in [0.2, 0.25) is 10.0 Å². The van der Waals surface area contributed by atoms with Gasteiger partial charge < -0.3 is 19.1 Å². The van der Waals surface area contributed by atoms with Crippen LogP contribution in [0.3, 0.4) is 0 Å². The maximum absolute atomic E-state index is 12.9. The Kier molecular flexibility index (Phi) is 8.36. The van der Waals surface area contributed by atoms with Crippen molar-refractivity contribution in [3.05, 3.63) is 69.7 Å². The fraction of sp³-hybridized carbons (Fsp3) is 0.240. The zero-order valence-corrected chi connectivity index (χ0v) is 20.4. The van der Waals surface area contributed by atoms with Crippen molar-refractivity contribution in [2.24, 2.45) is 0 Å². The molecule has 0 saturated heterocycles. The van der Waals surface area contributed by atoms with Gasteiger partial charge in [0.1, 0.15) is 5.75 Å². The van der Waals surface area contributed by atoms with Gasteiger partial charge in [-0.05, 0) is 54.3 Å². The lowest BCUT2D eigenvalue weighted by Crippen LogP contribution is -2.31. The van der Waals surface area contributed by atoms with E-state index in [2.05, 4.69) is 0 Å². The van der Waals surface area contributed by atoms with E-state index in [-0.39, 0.29) is 36.2 Å². The predicted molar refractivity (Wildman–Crippen MR) is 131 cm³/mol. The van der Waals surface area contributed by atoms with E-state index in [1.54, 1.807) is 56.4 Å². The number of carbonyl (C=O) groups excluding carboxylic acids is 3. The molecule has 178 valence electrons. The largest absolute Gasteiger partial charge is 0.483 e. The third-order valence-electron chi connectivity index (χ3n) is 5.03. The molecule has 0 unspecified atom stereocenters. The third kappa shape index (κ3) is 5.98. The molecule has 3 aromatic carbocycles. The highest BCUT2D eigenvalue weighted by Crippen LogP contribution is 2.36. The standard InChI is InChI=1S/C25H23Cl2NO6/c1-4-33-23(30)9-15-6-5-7-19(8-15)28(2)22(29)14-34-21-12-17(25(31)32-3)10-16-11-18(26)13-20(27)24(16)21/h5-8,10-13H,4,9,14H2,1-3H3. The van der Waals surface area contributed by atoms with Gasteiger partial charge in [0.15, 0.2) is 6.61 Å². The summed E-state index contributed by atoms with van der Waals surface area (Å²) >= 11 is 12.5. The summed E-state index contributed by atoms with van der Waals surface area (Å²) in [4.78, 5) is 38.2. The van der Waals surface area contributed by atoms with E-state index in [4.69, 9.17) is 37.4 Å². The van der Waals surface area contributed by atoms with E-state index in [0.29, 0.717) is 33.1 Å². The number of fused-ring (bicyclic) bond motifs is 1. The maximum Gasteiger partial charge on any atom is 0.338 e. The number of amides is 1. The lowest BCUT2D eigenvalue weighted by Gasteiger charge is -2.19. The van der Waals surface area contributed by atoms with E-state index in [0.717, 1.165) is 5.56 Å². The highest BCUT2D eigenvalue weighted by atomic mass is 35.5. The summed E-state index contributed by atoms with van der Waals surface area (Å²) in [5.41, 5.74) is 1.54. The number of esters is 2. The summed E-state index contributed by atoms with van der Waals surface area (Å²) in [7, 11) is 2.87. The van der Waals surface area contributed by atoms with Crippen LogP contribution in [0.4, 0.5) is 5.69 Å². The molecule has 3 rings (SSSR count). The molecule has 1 amide bonds. The topological polar surface area (TPSA) is 82.1 Å². The molecule has 9 heteroatoms. The molecule has 3 aromatic rings. The molecule has 34 heavy (non-hydrogen) atoms. The molecule has 0 spiro atoms.